The zero-order valence-electron chi connectivity index (χ0n) is 7.15. The summed E-state index contributed by atoms with van der Waals surface area (Å²) >= 11 is 0. The van der Waals surface area contributed by atoms with Crippen molar-refractivity contribution in [1.82, 2.24) is 0 Å². The number of rotatable bonds is 0. The van der Waals surface area contributed by atoms with Gasteiger partial charge in [0.2, 0.25) is 0 Å². The molecule has 0 aliphatic rings. The predicted octanol–water partition coefficient (Wildman–Crippen LogP) is 2.92. The summed E-state index contributed by atoms with van der Waals surface area (Å²) in [6.45, 7) is 8.62. The highest BCUT2D eigenvalue weighted by atomic mass is 15.0. The van der Waals surface area contributed by atoms with Gasteiger partial charge in [-0.2, -0.15) is 0 Å². The van der Waals surface area contributed by atoms with Gasteiger partial charge in [0.25, 0.3) is 0 Å². The molecule has 0 radical (unpaired) electrons. The Labute approximate surface area is 62.9 Å². The lowest BCUT2D eigenvalue weighted by Crippen LogP contribution is -1.86. The molecule has 0 heterocycles. The highest BCUT2D eigenvalue weighted by molar-refractivity contribution is 5.35. The summed E-state index contributed by atoms with van der Waals surface area (Å²) in [5.74, 6) is 0. The fourth-order valence-electron chi connectivity index (χ4n) is 1.10. The first-order valence-corrected chi connectivity index (χ1v) is 3.65. The average molecular weight is 144 g/mol. The Hall–Kier alpha value is -0.780. The molecule has 10 heavy (non-hydrogen) atoms. The number of benzene rings is 1. The number of aryl methyl sites for hydroxylation is 4. The van der Waals surface area contributed by atoms with Crippen molar-refractivity contribution in [3.05, 3.63) is 34.4 Å². The van der Waals surface area contributed by atoms with Gasteiger partial charge in [0.15, 0.2) is 0 Å². The van der Waals surface area contributed by atoms with Crippen LogP contribution in [-0.4, -0.2) is 0 Å². The van der Waals surface area contributed by atoms with Gasteiger partial charge in [-0.05, 0) is 49.9 Å². The molecule has 0 spiro atoms. The van der Waals surface area contributed by atoms with Gasteiger partial charge >= 0.3 is 0 Å². The molecule has 1 aromatic carbocycles. The molecule has 0 heteroatoms. The molecular formula is C10H14. The van der Waals surface area contributed by atoms with E-state index in [1.807, 2.05) is 0 Å². The van der Waals surface area contributed by atoms with Crippen molar-refractivity contribution in [3.8, 4) is 0 Å². The quantitative estimate of drug-likeness (QED) is 0.491. The number of hydrogen-bond acceptors (Lipinski definition) is 0. The third-order valence-electron chi connectivity index (χ3n) is 2.11. The Balaban J connectivity index is 3.28. The van der Waals surface area contributed by atoms with E-state index in [-0.39, 0.29) is 0 Å². The highest BCUT2D eigenvalue weighted by Gasteiger charge is 1.95. The van der Waals surface area contributed by atoms with Crippen LogP contribution in [0.4, 0.5) is 0 Å². The maximum atomic E-state index is 2.24. The van der Waals surface area contributed by atoms with E-state index in [1.165, 1.54) is 22.3 Å². The molecule has 0 aromatic heterocycles. The third-order valence-corrected chi connectivity index (χ3v) is 2.11. The summed E-state index contributed by atoms with van der Waals surface area (Å²) in [5, 5.41) is 0. The van der Waals surface area contributed by atoms with Crippen LogP contribution in [-0.2, 0) is 0 Å². The average Bonchev–Trinajstić information content (AvgIpc) is 1.84. The first-order valence-electron chi connectivity index (χ1n) is 3.65. The van der Waals surface area contributed by atoms with Gasteiger partial charge < -0.3 is 0 Å². The molecule has 0 fully saturated rings. The fraction of sp³-hybridized carbons (Fsp3) is 0.400. The molecule has 0 N–H and O–H groups in total. The second kappa shape index (κ2) is 2.45. The molecule has 0 saturated heterocycles. The van der Waals surface area contributed by atoms with Crippen molar-refractivity contribution < 1.29 is 0 Å². The van der Waals surface area contributed by atoms with Crippen molar-refractivity contribution in [2.75, 3.05) is 0 Å². The second-order valence-corrected chi connectivity index (χ2v) is 3.02. The van der Waals surface area contributed by atoms with Gasteiger partial charge in [-0.15, -0.1) is 0 Å². The van der Waals surface area contributed by atoms with Crippen LogP contribution >= 0.6 is 0 Å². The molecular weight excluding hydrogens is 130 g/mol. The minimum absolute atomic E-state index is 1.39. The molecule has 0 bridgehead atoms. The molecule has 0 saturated carbocycles. The third kappa shape index (κ3) is 1.21. The Morgan fingerprint density at radius 2 is 0.800 bits per heavy atom. The highest BCUT2D eigenvalue weighted by Crippen LogP contribution is 2.13. The summed E-state index contributed by atoms with van der Waals surface area (Å²) in [6, 6.07) is 4.48. The molecule has 1 rings (SSSR count). The molecule has 0 atom stereocenters. The van der Waals surface area contributed by atoms with Gasteiger partial charge in [0.05, 0.1) is 0 Å². The molecule has 0 aliphatic heterocycles. The lowest BCUT2D eigenvalue weighted by atomic mass is 11.0. The summed E-state index contributed by atoms with van der Waals surface area (Å²) in [6.07, 6.45) is 0. The van der Waals surface area contributed by atoms with E-state index in [0.717, 1.165) is 0 Å². The van der Waals surface area contributed by atoms with Gasteiger partial charge in [0, 0.05) is 0 Å². The standard InChI is InChI=1S/C10H14/c1-7-5-9(3)10(4)6-8(7)2/h5-6H,1-4H3/i1+1,2+1,3+1,4+1,5+1,6+1,7+1,8+1,9+1,10+1. The first-order chi connectivity index (χ1) is 4.61. The maximum absolute atomic E-state index is 2.24. The Morgan fingerprint density at radius 3 is 1.00 bits per heavy atom. The van der Waals surface area contributed by atoms with Crippen LogP contribution in [0.5, 0.6) is 0 Å². The second-order valence-electron chi connectivity index (χ2n) is 3.02. The van der Waals surface area contributed by atoms with Crippen LogP contribution in [0.3, 0.4) is 0 Å². The normalized spacial score (nSPS) is 10.0. The van der Waals surface area contributed by atoms with Crippen LogP contribution in [0.2, 0.25) is 0 Å². The summed E-state index contributed by atoms with van der Waals surface area (Å²) in [5.41, 5.74) is 5.57. The molecule has 0 unspecified atom stereocenters. The van der Waals surface area contributed by atoms with Crippen molar-refractivity contribution in [2.24, 2.45) is 0 Å². The van der Waals surface area contributed by atoms with Gasteiger partial charge in [0.1, 0.15) is 0 Å². The Morgan fingerprint density at radius 1 is 0.600 bits per heavy atom. The van der Waals surface area contributed by atoms with E-state index in [1.54, 1.807) is 0 Å². The minimum Gasteiger partial charge on any atom is -0.0559 e. The topological polar surface area (TPSA) is 0 Å². The van der Waals surface area contributed by atoms with Crippen LogP contribution in [0.25, 0.3) is 0 Å². The summed E-state index contributed by atoms with van der Waals surface area (Å²) < 4.78 is 0. The van der Waals surface area contributed by atoms with E-state index in [0.29, 0.717) is 0 Å². The molecule has 54 valence electrons. The molecule has 1 aromatic rings. The van der Waals surface area contributed by atoms with Crippen molar-refractivity contribution in [3.63, 3.8) is 0 Å². The Kier molecular flexibility index (Phi) is 1.80. The first kappa shape index (κ1) is 7.33. The van der Waals surface area contributed by atoms with Crippen LogP contribution in [0.15, 0.2) is 12.1 Å². The predicted molar refractivity (Wildman–Crippen MR) is 45.4 cm³/mol. The van der Waals surface area contributed by atoms with Gasteiger partial charge in [-0.3, -0.25) is 0 Å². The molecule has 0 aliphatic carbocycles. The minimum atomic E-state index is 1.39. The van der Waals surface area contributed by atoms with Crippen molar-refractivity contribution >= 4 is 0 Å². The summed E-state index contributed by atoms with van der Waals surface area (Å²) in [7, 11) is 0. The van der Waals surface area contributed by atoms with E-state index in [9.17, 15) is 0 Å². The van der Waals surface area contributed by atoms with Crippen molar-refractivity contribution in [2.45, 2.75) is 27.7 Å². The van der Waals surface area contributed by atoms with Gasteiger partial charge in [-0.25, -0.2) is 0 Å². The SMILES string of the molecule is [13CH3][13c]1[13cH][13c]([13CH3])[13c]([13CH3])[13cH][13c]1[13CH3]. The summed E-state index contributed by atoms with van der Waals surface area (Å²) in [4.78, 5) is 0. The zero-order chi connectivity index (χ0) is 7.72. The lowest BCUT2D eigenvalue weighted by molar-refractivity contribution is 1.24. The van der Waals surface area contributed by atoms with Crippen LogP contribution < -0.4 is 0 Å². The largest absolute Gasteiger partial charge is 0.0559 e. The van der Waals surface area contributed by atoms with Crippen molar-refractivity contribution in [1.29, 1.82) is 0 Å². The fourth-order valence-corrected chi connectivity index (χ4v) is 1.10. The maximum Gasteiger partial charge on any atom is -0.0395 e. The van der Waals surface area contributed by atoms with E-state index < -0.39 is 0 Å². The van der Waals surface area contributed by atoms with E-state index in [4.69, 9.17) is 0 Å². The Bertz CT molecular complexity index is 196. The van der Waals surface area contributed by atoms with E-state index in [2.05, 4.69) is 39.8 Å². The van der Waals surface area contributed by atoms with Crippen LogP contribution in [0.1, 0.15) is 22.3 Å². The van der Waals surface area contributed by atoms with E-state index >= 15 is 0 Å². The molecule has 0 nitrogen and oxygen atoms in total. The monoisotopic (exact) mass is 144 g/mol. The lowest BCUT2D eigenvalue weighted by Gasteiger charge is -2.04. The van der Waals surface area contributed by atoms with Gasteiger partial charge in [-0.1, -0.05) is 12.1 Å². The van der Waals surface area contributed by atoms with Crippen LogP contribution in [0, 0.1) is 27.7 Å². The smallest absolute Gasteiger partial charge is 0.0395 e. The number of hydrogen-bond donors (Lipinski definition) is 0. The zero-order valence-corrected chi connectivity index (χ0v) is 7.15. The molecule has 0 amide bonds.